The molecule has 0 fully saturated rings. The summed E-state index contributed by atoms with van der Waals surface area (Å²) in [5.74, 6) is -0.125. The smallest absolute Gasteiger partial charge is 0.309 e. The molecular formula is C16H17ClO3. The van der Waals surface area contributed by atoms with Gasteiger partial charge in [-0.3, -0.25) is 4.79 Å². The Morgan fingerprint density at radius 1 is 1.25 bits per heavy atom. The zero-order valence-corrected chi connectivity index (χ0v) is 12.5. The van der Waals surface area contributed by atoms with Crippen LogP contribution in [0.3, 0.4) is 0 Å². The maximum atomic E-state index is 11.3. The number of hydrogen-bond acceptors (Lipinski definition) is 2. The van der Waals surface area contributed by atoms with Gasteiger partial charge in [-0.05, 0) is 60.9 Å². The first kappa shape index (κ1) is 14.7. The second-order valence-electron chi connectivity index (χ2n) is 5.52. The Labute approximate surface area is 123 Å². The van der Waals surface area contributed by atoms with E-state index in [-0.39, 0.29) is 0 Å². The molecule has 0 aromatic heterocycles. The molecule has 0 atom stereocenters. The fourth-order valence-corrected chi connectivity index (χ4v) is 2.36. The lowest BCUT2D eigenvalue weighted by Gasteiger charge is -2.21. The van der Waals surface area contributed by atoms with Gasteiger partial charge in [-0.15, -0.1) is 0 Å². The zero-order valence-electron chi connectivity index (χ0n) is 11.7. The highest BCUT2D eigenvalue weighted by Crippen LogP contribution is 2.32. The number of rotatable bonds is 4. The molecule has 0 radical (unpaired) electrons. The molecule has 0 spiro atoms. The molecule has 2 aromatic carbocycles. The van der Waals surface area contributed by atoms with Crippen LogP contribution in [-0.4, -0.2) is 18.2 Å². The molecule has 0 aliphatic rings. The minimum Gasteiger partial charge on any atom is -0.496 e. The van der Waals surface area contributed by atoms with Crippen LogP contribution in [0.1, 0.15) is 19.4 Å². The number of ether oxygens (including phenoxy) is 1. The van der Waals surface area contributed by atoms with Crippen LogP contribution in [0.2, 0.25) is 5.02 Å². The number of carbonyl (C=O) groups is 1. The highest BCUT2D eigenvalue weighted by Gasteiger charge is 2.28. The van der Waals surface area contributed by atoms with E-state index < -0.39 is 11.4 Å². The predicted molar refractivity (Wildman–Crippen MR) is 80.6 cm³/mol. The Morgan fingerprint density at radius 2 is 1.95 bits per heavy atom. The first-order valence-electron chi connectivity index (χ1n) is 6.33. The number of hydrogen-bond donors (Lipinski definition) is 1. The van der Waals surface area contributed by atoms with E-state index in [4.69, 9.17) is 16.3 Å². The second-order valence-corrected chi connectivity index (χ2v) is 5.96. The summed E-state index contributed by atoms with van der Waals surface area (Å²) < 4.78 is 5.38. The van der Waals surface area contributed by atoms with E-state index in [2.05, 4.69) is 0 Å². The van der Waals surface area contributed by atoms with Gasteiger partial charge < -0.3 is 9.84 Å². The van der Waals surface area contributed by atoms with Crippen molar-refractivity contribution >= 4 is 28.3 Å². The maximum Gasteiger partial charge on any atom is 0.309 e. The molecule has 0 heterocycles. The van der Waals surface area contributed by atoms with Crippen molar-refractivity contribution in [3.63, 3.8) is 0 Å². The molecule has 2 aromatic rings. The van der Waals surface area contributed by atoms with Crippen molar-refractivity contribution in [1.29, 1.82) is 0 Å². The number of benzene rings is 2. The minimum absolute atomic E-state index is 0.397. The predicted octanol–water partition coefficient (Wildman–Crippen LogP) is 4.16. The molecule has 0 unspecified atom stereocenters. The number of halogens is 1. The lowest BCUT2D eigenvalue weighted by atomic mass is 9.85. The fourth-order valence-electron chi connectivity index (χ4n) is 2.17. The van der Waals surface area contributed by atoms with Crippen LogP contribution in [0, 0.1) is 5.41 Å². The Balaban J connectivity index is 2.53. The van der Waals surface area contributed by atoms with Crippen molar-refractivity contribution in [1.82, 2.24) is 0 Å². The summed E-state index contributed by atoms with van der Waals surface area (Å²) in [4.78, 5) is 11.3. The van der Waals surface area contributed by atoms with Crippen LogP contribution < -0.4 is 4.74 Å². The third kappa shape index (κ3) is 2.88. The minimum atomic E-state index is -0.848. The molecule has 0 saturated carbocycles. The maximum absolute atomic E-state index is 11.3. The van der Waals surface area contributed by atoms with Crippen molar-refractivity contribution in [2.75, 3.05) is 7.11 Å². The summed E-state index contributed by atoms with van der Waals surface area (Å²) in [7, 11) is 1.59. The molecular weight excluding hydrogens is 276 g/mol. The van der Waals surface area contributed by atoms with Gasteiger partial charge in [0.05, 0.1) is 12.5 Å². The van der Waals surface area contributed by atoms with Crippen molar-refractivity contribution in [3.05, 3.63) is 40.9 Å². The number of methoxy groups -OCH3 is 1. The van der Waals surface area contributed by atoms with E-state index in [0.29, 0.717) is 17.2 Å². The third-order valence-electron chi connectivity index (χ3n) is 3.41. The van der Waals surface area contributed by atoms with Crippen LogP contribution in [0.4, 0.5) is 0 Å². The highest BCUT2D eigenvalue weighted by atomic mass is 35.5. The molecule has 3 nitrogen and oxygen atoms in total. The van der Waals surface area contributed by atoms with Gasteiger partial charge in [-0.1, -0.05) is 17.7 Å². The van der Waals surface area contributed by atoms with Crippen LogP contribution in [0.15, 0.2) is 30.3 Å². The first-order valence-corrected chi connectivity index (χ1v) is 6.71. The normalized spacial score (nSPS) is 11.6. The Kier molecular flexibility index (Phi) is 3.91. The molecule has 0 amide bonds. The van der Waals surface area contributed by atoms with Crippen LogP contribution in [-0.2, 0) is 11.2 Å². The van der Waals surface area contributed by atoms with Gasteiger partial charge >= 0.3 is 5.97 Å². The summed E-state index contributed by atoms with van der Waals surface area (Å²) in [6, 6.07) is 9.48. The van der Waals surface area contributed by atoms with Gasteiger partial charge in [0.1, 0.15) is 5.75 Å². The third-order valence-corrected chi connectivity index (χ3v) is 3.65. The average Bonchev–Trinajstić information content (AvgIpc) is 2.37. The van der Waals surface area contributed by atoms with E-state index in [0.717, 1.165) is 16.3 Å². The quantitative estimate of drug-likeness (QED) is 0.920. The molecule has 20 heavy (non-hydrogen) atoms. The molecule has 4 heteroatoms. The van der Waals surface area contributed by atoms with Crippen LogP contribution in [0.5, 0.6) is 5.75 Å². The highest BCUT2D eigenvalue weighted by molar-refractivity contribution is 6.31. The van der Waals surface area contributed by atoms with Gasteiger partial charge in [0, 0.05) is 5.02 Å². The Hall–Kier alpha value is -1.74. The van der Waals surface area contributed by atoms with Crippen molar-refractivity contribution < 1.29 is 14.6 Å². The average molecular weight is 293 g/mol. The topological polar surface area (TPSA) is 46.5 Å². The number of fused-ring (bicyclic) bond motifs is 1. The summed E-state index contributed by atoms with van der Waals surface area (Å²) in [6.07, 6.45) is 0.397. The van der Waals surface area contributed by atoms with E-state index in [9.17, 15) is 9.90 Å². The van der Waals surface area contributed by atoms with Crippen molar-refractivity contribution in [2.45, 2.75) is 20.3 Å². The molecule has 2 rings (SSSR count). The van der Waals surface area contributed by atoms with Gasteiger partial charge in [0.2, 0.25) is 0 Å². The second kappa shape index (κ2) is 5.33. The molecule has 0 aliphatic carbocycles. The Morgan fingerprint density at radius 3 is 2.55 bits per heavy atom. The van der Waals surface area contributed by atoms with E-state index in [1.807, 2.05) is 30.3 Å². The van der Waals surface area contributed by atoms with Crippen LogP contribution in [0.25, 0.3) is 10.8 Å². The summed E-state index contributed by atoms with van der Waals surface area (Å²) >= 11 is 6.00. The van der Waals surface area contributed by atoms with E-state index in [1.165, 1.54) is 0 Å². The SMILES string of the molecule is COc1cc2ccc(Cl)cc2cc1CC(C)(C)C(=O)O. The summed E-state index contributed by atoms with van der Waals surface area (Å²) in [6.45, 7) is 3.41. The summed E-state index contributed by atoms with van der Waals surface area (Å²) in [5, 5.41) is 11.9. The Bertz CT molecular complexity index is 662. The lowest BCUT2D eigenvalue weighted by molar-refractivity contribution is -0.146. The van der Waals surface area contributed by atoms with Crippen molar-refractivity contribution in [2.24, 2.45) is 5.41 Å². The largest absolute Gasteiger partial charge is 0.496 e. The summed E-state index contributed by atoms with van der Waals surface area (Å²) in [5.41, 5.74) is 0.0224. The van der Waals surface area contributed by atoms with Crippen molar-refractivity contribution in [3.8, 4) is 5.75 Å². The van der Waals surface area contributed by atoms with Gasteiger partial charge in [0.25, 0.3) is 0 Å². The van der Waals surface area contributed by atoms with E-state index >= 15 is 0 Å². The van der Waals surface area contributed by atoms with Gasteiger partial charge in [-0.25, -0.2) is 0 Å². The monoisotopic (exact) mass is 292 g/mol. The first-order chi connectivity index (χ1) is 9.33. The number of carboxylic acid groups (broad SMARTS) is 1. The molecule has 0 saturated heterocycles. The van der Waals surface area contributed by atoms with Gasteiger partial charge in [0.15, 0.2) is 0 Å². The fraction of sp³-hybridized carbons (Fsp3) is 0.312. The number of carboxylic acids is 1. The molecule has 0 bridgehead atoms. The zero-order chi connectivity index (χ0) is 14.9. The van der Waals surface area contributed by atoms with Gasteiger partial charge in [-0.2, -0.15) is 0 Å². The van der Waals surface area contributed by atoms with Crippen LogP contribution >= 0.6 is 11.6 Å². The molecule has 1 N–H and O–H groups in total. The molecule has 0 aliphatic heterocycles. The lowest BCUT2D eigenvalue weighted by Crippen LogP contribution is -2.26. The van der Waals surface area contributed by atoms with E-state index in [1.54, 1.807) is 21.0 Å². The standard InChI is InChI=1S/C16H17ClO3/c1-16(2,15(18)19)9-12-6-11-7-13(17)5-4-10(11)8-14(12)20-3/h4-8H,9H2,1-3H3,(H,18,19). The molecule has 106 valence electrons. The number of aliphatic carboxylic acids is 1.